The molecule has 1 aromatic heterocycles. The van der Waals surface area contributed by atoms with E-state index in [0.29, 0.717) is 12.0 Å². The van der Waals surface area contributed by atoms with Crippen LogP contribution in [-0.4, -0.2) is 62.2 Å². The van der Waals surface area contributed by atoms with Gasteiger partial charge in [0.1, 0.15) is 0 Å². The summed E-state index contributed by atoms with van der Waals surface area (Å²) in [4.78, 5) is 5.35. The van der Waals surface area contributed by atoms with Crippen molar-refractivity contribution >= 4 is 0 Å². The average Bonchev–Trinajstić information content (AvgIpc) is 3.39. The molecule has 1 saturated heterocycles. The van der Waals surface area contributed by atoms with Crippen molar-refractivity contribution in [1.82, 2.24) is 30.0 Å². The van der Waals surface area contributed by atoms with Crippen molar-refractivity contribution in [3.05, 3.63) is 41.7 Å². The van der Waals surface area contributed by atoms with E-state index in [4.69, 9.17) is 0 Å². The lowest BCUT2D eigenvalue weighted by molar-refractivity contribution is 0.0588. The van der Waals surface area contributed by atoms with Crippen LogP contribution in [0.25, 0.3) is 0 Å². The third-order valence-corrected chi connectivity index (χ3v) is 6.36. The van der Waals surface area contributed by atoms with Gasteiger partial charge in [-0.15, -0.1) is 5.10 Å². The second-order valence-corrected chi connectivity index (χ2v) is 8.84. The molecule has 2 heterocycles. The SMILES string of the molecule is CC(C)CC(c1nnnn1Cc1ccccc1)N1CCN(C2CCCC2)CC1. The second-order valence-electron chi connectivity index (χ2n) is 8.84. The number of hydrogen-bond donors (Lipinski definition) is 0. The van der Waals surface area contributed by atoms with E-state index in [1.165, 1.54) is 44.3 Å². The highest BCUT2D eigenvalue weighted by atomic mass is 15.6. The molecule has 1 atom stereocenters. The summed E-state index contributed by atoms with van der Waals surface area (Å²) in [5.74, 6) is 1.63. The third-order valence-electron chi connectivity index (χ3n) is 6.36. The Morgan fingerprint density at radius 1 is 1.00 bits per heavy atom. The van der Waals surface area contributed by atoms with Crippen molar-refractivity contribution in [1.29, 1.82) is 0 Å². The van der Waals surface area contributed by atoms with Crippen LogP contribution < -0.4 is 0 Å². The van der Waals surface area contributed by atoms with Crippen LogP contribution in [0.3, 0.4) is 0 Å². The first-order chi connectivity index (χ1) is 13.7. The molecule has 0 amide bonds. The molecule has 2 aliphatic rings. The molecular formula is C22H34N6. The average molecular weight is 383 g/mol. The Morgan fingerprint density at radius 3 is 2.39 bits per heavy atom. The summed E-state index contributed by atoms with van der Waals surface area (Å²) in [6.45, 7) is 9.93. The fraction of sp³-hybridized carbons (Fsp3) is 0.682. The molecule has 1 aliphatic heterocycles. The molecule has 0 N–H and O–H groups in total. The lowest BCUT2D eigenvalue weighted by Crippen LogP contribution is -2.51. The molecule has 1 aliphatic carbocycles. The maximum Gasteiger partial charge on any atom is 0.168 e. The maximum absolute atomic E-state index is 4.48. The van der Waals surface area contributed by atoms with Gasteiger partial charge in [-0.3, -0.25) is 9.80 Å². The maximum atomic E-state index is 4.48. The molecule has 152 valence electrons. The first kappa shape index (κ1) is 19.5. The van der Waals surface area contributed by atoms with E-state index in [-0.39, 0.29) is 0 Å². The molecule has 1 saturated carbocycles. The standard InChI is InChI=1S/C22H34N6/c1-18(2)16-21(27-14-12-26(13-15-27)20-10-6-7-11-20)22-23-24-25-28(22)17-19-8-4-3-5-9-19/h3-5,8-9,18,20-21H,6-7,10-17H2,1-2H3. The molecule has 4 rings (SSSR count). The Morgan fingerprint density at radius 2 is 1.71 bits per heavy atom. The van der Waals surface area contributed by atoms with Gasteiger partial charge in [-0.2, -0.15) is 0 Å². The van der Waals surface area contributed by atoms with Crippen LogP contribution in [0.5, 0.6) is 0 Å². The highest BCUT2D eigenvalue weighted by molar-refractivity contribution is 5.15. The number of benzene rings is 1. The predicted molar refractivity (Wildman–Crippen MR) is 111 cm³/mol. The number of rotatable bonds is 7. The Kier molecular flexibility index (Phi) is 6.37. The van der Waals surface area contributed by atoms with E-state index in [0.717, 1.165) is 37.9 Å². The Balaban J connectivity index is 1.47. The molecule has 0 bridgehead atoms. The summed E-state index contributed by atoms with van der Waals surface area (Å²) in [7, 11) is 0. The van der Waals surface area contributed by atoms with E-state index in [9.17, 15) is 0 Å². The number of piperazine rings is 1. The van der Waals surface area contributed by atoms with Gasteiger partial charge >= 0.3 is 0 Å². The minimum atomic E-state index is 0.296. The lowest BCUT2D eigenvalue weighted by Gasteiger charge is -2.41. The van der Waals surface area contributed by atoms with E-state index in [1.54, 1.807) is 0 Å². The van der Waals surface area contributed by atoms with Gasteiger partial charge in [-0.1, -0.05) is 57.0 Å². The monoisotopic (exact) mass is 382 g/mol. The van der Waals surface area contributed by atoms with Crippen LogP contribution in [0.1, 0.15) is 63.4 Å². The second kappa shape index (κ2) is 9.14. The fourth-order valence-electron chi connectivity index (χ4n) is 4.87. The highest BCUT2D eigenvalue weighted by Gasteiger charge is 2.32. The molecular weight excluding hydrogens is 348 g/mol. The van der Waals surface area contributed by atoms with Gasteiger partial charge in [-0.05, 0) is 41.2 Å². The van der Waals surface area contributed by atoms with Crippen LogP contribution in [0, 0.1) is 5.92 Å². The minimum absolute atomic E-state index is 0.296. The third kappa shape index (κ3) is 4.61. The number of nitrogens with zero attached hydrogens (tertiary/aromatic N) is 6. The summed E-state index contributed by atoms with van der Waals surface area (Å²) in [6.07, 6.45) is 6.71. The largest absolute Gasteiger partial charge is 0.298 e. The van der Waals surface area contributed by atoms with Crippen molar-refractivity contribution in [3.8, 4) is 0 Å². The number of tetrazole rings is 1. The van der Waals surface area contributed by atoms with Gasteiger partial charge in [-0.25, -0.2) is 4.68 Å². The van der Waals surface area contributed by atoms with Gasteiger partial charge in [0, 0.05) is 32.2 Å². The quantitative estimate of drug-likeness (QED) is 0.735. The van der Waals surface area contributed by atoms with Gasteiger partial charge in [0.05, 0.1) is 12.6 Å². The highest BCUT2D eigenvalue weighted by Crippen LogP contribution is 2.30. The molecule has 28 heavy (non-hydrogen) atoms. The normalized spacial score (nSPS) is 20.8. The van der Waals surface area contributed by atoms with E-state index in [1.807, 2.05) is 4.68 Å². The summed E-state index contributed by atoms with van der Waals surface area (Å²) >= 11 is 0. The summed E-state index contributed by atoms with van der Waals surface area (Å²) in [6, 6.07) is 11.6. The Labute approximate surface area is 168 Å². The molecule has 6 heteroatoms. The van der Waals surface area contributed by atoms with E-state index >= 15 is 0 Å². The minimum Gasteiger partial charge on any atom is -0.298 e. The van der Waals surface area contributed by atoms with Crippen molar-refractivity contribution in [2.45, 2.75) is 64.6 Å². The van der Waals surface area contributed by atoms with Crippen LogP contribution in [-0.2, 0) is 6.54 Å². The first-order valence-electron chi connectivity index (χ1n) is 11.0. The van der Waals surface area contributed by atoms with Crippen molar-refractivity contribution in [3.63, 3.8) is 0 Å². The van der Waals surface area contributed by atoms with Gasteiger partial charge in [0.25, 0.3) is 0 Å². The van der Waals surface area contributed by atoms with E-state index in [2.05, 4.69) is 69.5 Å². The fourth-order valence-corrected chi connectivity index (χ4v) is 4.87. The summed E-state index contributed by atoms with van der Waals surface area (Å²) in [5, 5.41) is 12.9. The van der Waals surface area contributed by atoms with Gasteiger partial charge in [0.2, 0.25) is 0 Å². The topological polar surface area (TPSA) is 50.1 Å². The predicted octanol–water partition coefficient (Wildman–Crippen LogP) is 3.37. The molecule has 1 aromatic carbocycles. The zero-order chi connectivity index (χ0) is 19.3. The van der Waals surface area contributed by atoms with Crippen molar-refractivity contribution in [2.75, 3.05) is 26.2 Å². The molecule has 2 aromatic rings. The number of aromatic nitrogens is 4. The zero-order valence-corrected chi connectivity index (χ0v) is 17.4. The van der Waals surface area contributed by atoms with Crippen LogP contribution in [0.15, 0.2) is 30.3 Å². The summed E-state index contributed by atoms with van der Waals surface area (Å²) in [5.41, 5.74) is 1.24. The first-order valence-corrected chi connectivity index (χ1v) is 11.0. The Hall–Kier alpha value is -1.79. The molecule has 2 fully saturated rings. The molecule has 6 nitrogen and oxygen atoms in total. The van der Waals surface area contributed by atoms with Crippen molar-refractivity contribution < 1.29 is 0 Å². The lowest BCUT2D eigenvalue weighted by atomic mass is 10.0. The molecule has 0 radical (unpaired) electrons. The zero-order valence-electron chi connectivity index (χ0n) is 17.4. The summed E-state index contributed by atoms with van der Waals surface area (Å²) < 4.78 is 2.01. The molecule has 0 spiro atoms. The van der Waals surface area contributed by atoms with Crippen LogP contribution >= 0.6 is 0 Å². The van der Waals surface area contributed by atoms with Crippen LogP contribution in [0.2, 0.25) is 0 Å². The van der Waals surface area contributed by atoms with E-state index < -0.39 is 0 Å². The smallest absolute Gasteiger partial charge is 0.168 e. The molecule has 1 unspecified atom stereocenters. The van der Waals surface area contributed by atoms with Gasteiger partial charge in [0.15, 0.2) is 5.82 Å². The Bertz CT molecular complexity index is 714. The van der Waals surface area contributed by atoms with Crippen molar-refractivity contribution in [2.24, 2.45) is 5.92 Å². The van der Waals surface area contributed by atoms with Gasteiger partial charge < -0.3 is 0 Å². The number of hydrogen-bond acceptors (Lipinski definition) is 5. The van der Waals surface area contributed by atoms with Crippen LogP contribution in [0.4, 0.5) is 0 Å².